The summed E-state index contributed by atoms with van der Waals surface area (Å²) in [4.78, 5) is 13.0. The summed E-state index contributed by atoms with van der Waals surface area (Å²) >= 11 is 12.7. The van der Waals surface area contributed by atoms with Gasteiger partial charge in [0, 0.05) is 33.8 Å². The fourth-order valence-corrected chi connectivity index (χ4v) is 6.12. The molecular weight excluding hydrogens is 485 g/mol. The van der Waals surface area contributed by atoms with Gasteiger partial charge in [-0.25, -0.2) is 8.42 Å². The Bertz CT molecular complexity index is 1380. The van der Waals surface area contributed by atoms with E-state index in [4.69, 9.17) is 33.7 Å². The number of halogens is 2. The van der Waals surface area contributed by atoms with Crippen LogP contribution < -0.4 is 21.1 Å². The van der Waals surface area contributed by atoms with Crippen LogP contribution in [0.5, 0.6) is 5.75 Å². The molecule has 0 saturated heterocycles. The van der Waals surface area contributed by atoms with E-state index in [1.165, 1.54) is 25.3 Å². The third-order valence-electron chi connectivity index (χ3n) is 5.52. The maximum absolute atomic E-state index is 13.8. The van der Waals surface area contributed by atoms with Crippen LogP contribution in [-0.4, -0.2) is 28.0 Å². The third kappa shape index (κ3) is 3.73. The Morgan fingerprint density at radius 2 is 1.79 bits per heavy atom. The molecule has 1 amide bonds. The molecule has 0 spiro atoms. The van der Waals surface area contributed by atoms with E-state index >= 15 is 0 Å². The lowest BCUT2D eigenvalue weighted by Crippen LogP contribution is -2.44. The Hall–Kier alpha value is -2.78. The van der Waals surface area contributed by atoms with Crippen molar-refractivity contribution >= 4 is 50.3 Å². The van der Waals surface area contributed by atoms with Gasteiger partial charge in [-0.05, 0) is 37.3 Å². The predicted octanol–water partition coefficient (Wildman–Crippen LogP) is 4.42. The molecule has 10 heteroatoms. The summed E-state index contributed by atoms with van der Waals surface area (Å²) in [6.45, 7) is 2.33. The molecule has 0 bridgehead atoms. The summed E-state index contributed by atoms with van der Waals surface area (Å²) in [5, 5.41) is 6.09. The van der Waals surface area contributed by atoms with E-state index in [1.807, 2.05) is 6.92 Å². The van der Waals surface area contributed by atoms with Gasteiger partial charge in [0.1, 0.15) is 5.75 Å². The molecular formula is C23H21Cl2N3O4S. The minimum Gasteiger partial charge on any atom is -0.497 e. The highest BCUT2D eigenvalue weighted by atomic mass is 35.5. The molecule has 0 aromatic heterocycles. The van der Waals surface area contributed by atoms with Crippen LogP contribution in [0.4, 0.5) is 11.4 Å². The van der Waals surface area contributed by atoms with Gasteiger partial charge in [-0.3, -0.25) is 4.79 Å². The molecule has 7 nitrogen and oxygen atoms in total. The lowest BCUT2D eigenvalue weighted by Gasteiger charge is -2.24. The number of anilines is 2. The van der Waals surface area contributed by atoms with Gasteiger partial charge < -0.3 is 21.1 Å². The molecule has 33 heavy (non-hydrogen) atoms. The molecule has 1 aliphatic heterocycles. The minimum atomic E-state index is -4.14. The Morgan fingerprint density at radius 1 is 1.06 bits per heavy atom. The molecule has 4 rings (SSSR count). The van der Waals surface area contributed by atoms with E-state index in [0.717, 1.165) is 0 Å². The summed E-state index contributed by atoms with van der Waals surface area (Å²) in [7, 11) is -2.64. The van der Waals surface area contributed by atoms with Gasteiger partial charge in [-0.1, -0.05) is 41.4 Å². The van der Waals surface area contributed by atoms with Crippen LogP contribution >= 0.6 is 23.2 Å². The molecule has 3 aromatic rings. The highest BCUT2D eigenvalue weighted by Crippen LogP contribution is 2.47. The summed E-state index contributed by atoms with van der Waals surface area (Å²) in [6.07, 6.45) is 0. The number of hydrogen-bond donors (Lipinski definition) is 3. The average molecular weight is 506 g/mol. The smallest absolute Gasteiger partial charge is 0.253 e. The zero-order valence-electron chi connectivity index (χ0n) is 17.8. The number of fused-ring (bicyclic) bond motifs is 1. The molecule has 3 aromatic carbocycles. The summed E-state index contributed by atoms with van der Waals surface area (Å²) in [6, 6.07) is 14.0. The highest BCUT2D eigenvalue weighted by Gasteiger charge is 2.48. The number of methoxy groups -OCH3 is 1. The Kier molecular flexibility index (Phi) is 6.05. The molecule has 0 fully saturated rings. The number of nitrogens with one attached hydrogen (secondary N) is 2. The number of carbonyl (C=O) groups excluding carboxylic acids is 1. The number of hydrogen-bond acceptors (Lipinski definition) is 6. The summed E-state index contributed by atoms with van der Waals surface area (Å²) < 4.78 is 32.8. The maximum Gasteiger partial charge on any atom is 0.253 e. The van der Waals surface area contributed by atoms with E-state index in [2.05, 4.69) is 10.6 Å². The van der Waals surface area contributed by atoms with Crippen LogP contribution in [0.3, 0.4) is 0 Å². The minimum absolute atomic E-state index is 0.0103. The van der Waals surface area contributed by atoms with E-state index < -0.39 is 21.3 Å². The van der Waals surface area contributed by atoms with Crippen molar-refractivity contribution in [3.05, 3.63) is 75.8 Å². The van der Waals surface area contributed by atoms with Gasteiger partial charge in [0.2, 0.25) is 9.84 Å². The number of ether oxygens (including phenoxy) is 1. The Balaban J connectivity index is 1.97. The quantitative estimate of drug-likeness (QED) is 0.457. The molecule has 1 heterocycles. The van der Waals surface area contributed by atoms with Crippen LogP contribution in [0.15, 0.2) is 64.4 Å². The zero-order valence-corrected chi connectivity index (χ0v) is 20.1. The third-order valence-corrected chi connectivity index (χ3v) is 7.90. The number of amides is 1. The standard InChI is InChI=1S/C23H21Cl2N3O4S/c1-3-27-18-12-14(32-2)8-9-19(18)33(30,31)20-11-13(24)10-16-21(20)28-22(29)23(16,26)15-6-4-5-7-17(15)25/h4-12,27H,3,26H2,1-2H3,(H,28,29). The molecule has 0 radical (unpaired) electrons. The van der Waals surface area contributed by atoms with Crippen molar-refractivity contribution in [2.75, 3.05) is 24.3 Å². The van der Waals surface area contributed by atoms with Crippen molar-refractivity contribution < 1.29 is 17.9 Å². The van der Waals surface area contributed by atoms with Crippen molar-refractivity contribution in [1.29, 1.82) is 0 Å². The molecule has 0 aliphatic carbocycles. The largest absolute Gasteiger partial charge is 0.497 e. The van der Waals surface area contributed by atoms with E-state index in [-0.39, 0.29) is 31.1 Å². The van der Waals surface area contributed by atoms with Crippen molar-refractivity contribution in [3.63, 3.8) is 0 Å². The van der Waals surface area contributed by atoms with Crippen LogP contribution in [-0.2, 0) is 20.2 Å². The predicted molar refractivity (Wildman–Crippen MR) is 129 cm³/mol. The molecule has 172 valence electrons. The summed E-state index contributed by atoms with van der Waals surface area (Å²) in [5.41, 5.74) is 5.88. The molecule has 1 unspecified atom stereocenters. The van der Waals surface area contributed by atoms with E-state index in [1.54, 1.807) is 36.4 Å². The van der Waals surface area contributed by atoms with Crippen LogP contribution in [0.2, 0.25) is 10.0 Å². The maximum atomic E-state index is 13.8. The first-order valence-corrected chi connectivity index (χ1v) is 12.2. The molecule has 4 N–H and O–H groups in total. The SMILES string of the molecule is CCNc1cc(OC)ccc1S(=O)(=O)c1cc(Cl)cc2c1NC(=O)C2(N)c1ccccc1Cl. The van der Waals surface area contributed by atoms with Crippen molar-refractivity contribution in [1.82, 2.24) is 0 Å². The van der Waals surface area contributed by atoms with E-state index in [9.17, 15) is 13.2 Å². The molecule has 1 aliphatic rings. The van der Waals surface area contributed by atoms with E-state index in [0.29, 0.717) is 23.5 Å². The number of carbonyl (C=O) groups is 1. The van der Waals surface area contributed by atoms with Crippen LogP contribution in [0.1, 0.15) is 18.1 Å². The van der Waals surface area contributed by atoms with Crippen LogP contribution in [0, 0.1) is 0 Å². The zero-order chi connectivity index (χ0) is 24.0. The average Bonchev–Trinajstić information content (AvgIpc) is 3.04. The number of nitrogens with two attached hydrogens (primary N) is 1. The fourth-order valence-electron chi connectivity index (χ4n) is 3.93. The normalized spacial score (nSPS) is 17.4. The van der Waals surface area contributed by atoms with Gasteiger partial charge in [0.15, 0.2) is 5.54 Å². The van der Waals surface area contributed by atoms with Crippen molar-refractivity contribution in [2.24, 2.45) is 5.73 Å². The second-order valence-electron chi connectivity index (χ2n) is 7.46. The van der Waals surface area contributed by atoms with Crippen LogP contribution in [0.25, 0.3) is 0 Å². The fraction of sp³-hybridized carbons (Fsp3) is 0.174. The molecule has 1 atom stereocenters. The Morgan fingerprint density at radius 3 is 2.45 bits per heavy atom. The highest BCUT2D eigenvalue weighted by molar-refractivity contribution is 7.91. The first kappa shape index (κ1) is 23.4. The lowest BCUT2D eigenvalue weighted by atomic mass is 9.85. The first-order valence-electron chi connectivity index (χ1n) is 10.0. The lowest BCUT2D eigenvalue weighted by molar-refractivity contribution is -0.119. The second kappa shape index (κ2) is 8.53. The van der Waals surface area contributed by atoms with Gasteiger partial charge in [0.05, 0.1) is 28.3 Å². The number of benzene rings is 3. The monoisotopic (exact) mass is 505 g/mol. The topological polar surface area (TPSA) is 111 Å². The number of sulfone groups is 1. The van der Waals surface area contributed by atoms with Gasteiger partial charge in [-0.15, -0.1) is 0 Å². The Labute approximate surface area is 201 Å². The summed E-state index contributed by atoms with van der Waals surface area (Å²) in [5.74, 6) is -0.111. The van der Waals surface area contributed by atoms with Gasteiger partial charge >= 0.3 is 0 Å². The second-order valence-corrected chi connectivity index (χ2v) is 10.2. The van der Waals surface area contributed by atoms with Gasteiger partial charge in [-0.2, -0.15) is 0 Å². The van der Waals surface area contributed by atoms with Crippen molar-refractivity contribution in [2.45, 2.75) is 22.3 Å². The molecule has 0 saturated carbocycles. The van der Waals surface area contributed by atoms with Gasteiger partial charge in [0.25, 0.3) is 5.91 Å². The first-order chi connectivity index (χ1) is 15.6. The van der Waals surface area contributed by atoms with Crippen molar-refractivity contribution in [3.8, 4) is 5.75 Å². The number of rotatable bonds is 6.